The zero-order valence-corrected chi connectivity index (χ0v) is 11.9. The fourth-order valence-electron chi connectivity index (χ4n) is 2.84. The third-order valence-corrected chi connectivity index (χ3v) is 4.11. The summed E-state index contributed by atoms with van der Waals surface area (Å²) in [6.45, 7) is 5.38. The summed E-state index contributed by atoms with van der Waals surface area (Å²) in [5, 5.41) is 4.93. The molecule has 1 aromatic heterocycles. The average molecular weight is 257 g/mol. The molecule has 0 spiro atoms. The zero-order valence-electron chi connectivity index (χ0n) is 11.9. The van der Waals surface area contributed by atoms with Gasteiger partial charge in [-0.15, -0.1) is 0 Å². The molecule has 2 aromatic rings. The number of fused-ring (bicyclic) bond motifs is 1. The Hall–Kier alpha value is -1.28. The van der Waals surface area contributed by atoms with E-state index < -0.39 is 0 Å². The van der Waals surface area contributed by atoms with Gasteiger partial charge in [-0.25, -0.2) is 0 Å². The van der Waals surface area contributed by atoms with Crippen molar-refractivity contribution < 1.29 is 4.42 Å². The summed E-state index contributed by atoms with van der Waals surface area (Å²) in [5.74, 6) is 2.11. The van der Waals surface area contributed by atoms with Gasteiger partial charge < -0.3 is 9.73 Å². The van der Waals surface area contributed by atoms with Crippen molar-refractivity contribution in [3.8, 4) is 0 Å². The van der Waals surface area contributed by atoms with E-state index in [1.807, 2.05) is 6.07 Å². The molecule has 1 aromatic carbocycles. The minimum absolute atomic E-state index is 0.603. The molecule has 2 nitrogen and oxygen atoms in total. The van der Waals surface area contributed by atoms with E-state index in [1.54, 1.807) is 0 Å². The second-order valence-electron chi connectivity index (χ2n) is 5.81. The van der Waals surface area contributed by atoms with Gasteiger partial charge in [0.05, 0.1) is 0 Å². The Kier molecular flexibility index (Phi) is 3.61. The fraction of sp³-hybridized carbons (Fsp3) is 0.529. The SMILES string of the molecule is CCc1oc2ccccc2c1CNC(C)CC1CC1. The Bertz CT molecular complexity index is 553. The van der Waals surface area contributed by atoms with Gasteiger partial charge in [-0.1, -0.05) is 38.0 Å². The lowest BCUT2D eigenvalue weighted by molar-refractivity contribution is 0.480. The third-order valence-electron chi connectivity index (χ3n) is 4.11. The molecule has 2 heteroatoms. The van der Waals surface area contributed by atoms with Crippen molar-refractivity contribution in [1.82, 2.24) is 5.32 Å². The summed E-state index contributed by atoms with van der Waals surface area (Å²) in [6, 6.07) is 8.96. The van der Waals surface area contributed by atoms with Crippen LogP contribution in [0.15, 0.2) is 28.7 Å². The van der Waals surface area contributed by atoms with Crippen molar-refractivity contribution in [2.45, 2.75) is 52.1 Å². The molecule has 1 heterocycles. The van der Waals surface area contributed by atoms with Crippen LogP contribution in [-0.4, -0.2) is 6.04 Å². The monoisotopic (exact) mass is 257 g/mol. The molecule has 0 amide bonds. The summed E-state index contributed by atoms with van der Waals surface area (Å²) in [5.41, 5.74) is 2.37. The predicted octanol–water partition coefficient (Wildman–Crippen LogP) is 4.27. The Balaban J connectivity index is 1.74. The highest BCUT2D eigenvalue weighted by Gasteiger charge is 2.23. The maximum Gasteiger partial charge on any atom is 0.134 e. The van der Waals surface area contributed by atoms with E-state index in [-0.39, 0.29) is 0 Å². The number of benzene rings is 1. The normalized spacial score (nSPS) is 16.9. The van der Waals surface area contributed by atoms with E-state index in [1.165, 1.54) is 30.2 Å². The molecule has 0 aliphatic heterocycles. The van der Waals surface area contributed by atoms with E-state index >= 15 is 0 Å². The van der Waals surface area contributed by atoms with Gasteiger partial charge in [-0.05, 0) is 25.3 Å². The molecular formula is C17H23NO. The maximum atomic E-state index is 5.93. The van der Waals surface area contributed by atoms with Crippen LogP contribution in [0.5, 0.6) is 0 Å². The van der Waals surface area contributed by atoms with Crippen molar-refractivity contribution in [1.29, 1.82) is 0 Å². The van der Waals surface area contributed by atoms with Crippen molar-refractivity contribution in [3.05, 3.63) is 35.6 Å². The molecule has 1 aliphatic rings. The van der Waals surface area contributed by atoms with Crippen molar-refractivity contribution >= 4 is 11.0 Å². The van der Waals surface area contributed by atoms with E-state index in [4.69, 9.17) is 4.42 Å². The Morgan fingerprint density at radius 2 is 2.11 bits per heavy atom. The van der Waals surface area contributed by atoms with Crippen LogP contribution in [0.25, 0.3) is 11.0 Å². The summed E-state index contributed by atoms with van der Waals surface area (Å²) in [4.78, 5) is 0. The van der Waals surface area contributed by atoms with Crippen molar-refractivity contribution in [2.24, 2.45) is 5.92 Å². The molecule has 19 heavy (non-hydrogen) atoms. The van der Waals surface area contributed by atoms with E-state index in [9.17, 15) is 0 Å². The largest absolute Gasteiger partial charge is 0.461 e. The summed E-state index contributed by atoms with van der Waals surface area (Å²) in [7, 11) is 0. The highest BCUT2D eigenvalue weighted by Crippen LogP contribution is 2.33. The molecule has 0 radical (unpaired) electrons. The van der Waals surface area contributed by atoms with Crippen LogP contribution in [-0.2, 0) is 13.0 Å². The van der Waals surface area contributed by atoms with Gasteiger partial charge in [-0.2, -0.15) is 0 Å². The molecule has 102 valence electrons. The molecule has 1 aliphatic carbocycles. The quantitative estimate of drug-likeness (QED) is 0.836. The van der Waals surface area contributed by atoms with Crippen LogP contribution in [0.3, 0.4) is 0 Å². The van der Waals surface area contributed by atoms with Gasteiger partial charge in [0.15, 0.2) is 0 Å². The number of furan rings is 1. The average Bonchev–Trinajstić information content (AvgIpc) is 3.15. The Morgan fingerprint density at radius 3 is 2.84 bits per heavy atom. The molecule has 1 saturated carbocycles. The van der Waals surface area contributed by atoms with Crippen LogP contribution < -0.4 is 5.32 Å². The Labute approximate surface area is 115 Å². The lowest BCUT2D eigenvalue weighted by atomic mass is 10.1. The minimum Gasteiger partial charge on any atom is -0.461 e. The zero-order chi connectivity index (χ0) is 13.2. The van der Waals surface area contributed by atoms with Gasteiger partial charge in [0.1, 0.15) is 11.3 Å². The molecular weight excluding hydrogens is 234 g/mol. The van der Waals surface area contributed by atoms with Crippen LogP contribution >= 0.6 is 0 Å². The van der Waals surface area contributed by atoms with Crippen molar-refractivity contribution in [2.75, 3.05) is 0 Å². The highest BCUT2D eigenvalue weighted by molar-refractivity contribution is 5.82. The molecule has 3 rings (SSSR count). The number of rotatable bonds is 6. The molecule has 0 bridgehead atoms. The first kappa shape index (κ1) is 12.7. The number of nitrogens with one attached hydrogen (secondary N) is 1. The molecule has 1 fully saturated rings. The van der Waals surface area contributed by atoms with Crippen molar-refractivity contribution in [3.63, 3.8) is 0 Å². The van der Waals surface area contributed by atoms with Crippen LogP contribution in [0.2, 0.25) is 0 Å². The minimum atomic E-state index is 0.603. The lowest BCUT2D eigenvalue weighted by Gasteiger charge is -2.13. The summed E-state index contributed by atoms with van der Waals surface area (Å²) >= 11 is 0. The van der Waals surface area contributed by atoms with Crippen LogP contribution in [0, 0.1) is 5.92 Å². The van der Waals surface area contributed by atoms with Gasteiger partial charge in [0.2, 0.25) is 0 Å². The third kappa shape index (κ3) is 2.84. The summed E-state index contributed by atoms with van der Waals surface area (Å²) < 4.78 is 5.93. The number of aryl methyl sites for hydroxylation is 1. The van der Waals surface area contributed by atoms with Crippen LogP contribution in [0.1, 0.15) is 44.4 Å². The molecule has 1 unspecified atom stereocenters. The van der Waals surface area contributed by atoms with Gasteiger partial charge in [0.25, 0.3) is 0 Å². The number of para-hydroxylation sites is 1. The first-order valence-electron chi connectivity index (χ1n) is 7.50. The van der Waals surface area contributed by atoms with E-state index in [0.29, 0.717) is 6.04 Å². The fourth-order valence-corrected chi connectivity index (χ4v) is 2.84. The molecule has 0 saturated heterocycles. The first-order chi connectivity index (χ1) is 9.28. The highest BCUT2D eigenvalue weighted by atomic mass is 16.3. The predicted molar refractivity (Wildman–Crippen MR) is 79.2 cm³/mol. The maximum absolute atomic E-state index is 5.93. The molecule has 1 N–H and O–H groups in total. The second-order valence-corrected chi connectivity index (χ2v) is 5.81. The lowest BCUT2D eigenvalue weighted by Crippen LogP contribution is -2.26. The topological polar surface area (TPSA) is 25.2 Å². The van der Waals surface area contributed by atoms with Gasteiger partial charge in [0, 0.05) is 30.0 Å². The summed E-state index contributed by atoms with van der Waals surface area (Å²) in [6.07, 6.45) is 5.14. The Morgan fingerprint density at radius 1 is 1.32 bits per heavy atom. The van der Waals surface area contributed by atoms with Crippen LogP contribution in [0.4, 0.5) is 0 Å². The first-order valence-corrected chi connectivity index (χ1v) is 7.50. The smallest absolute Gasteiger partial charge is 0.134 e. The van der Waals surface area contributed by atoms with E-state index in [2.05, 4.69) is 37.4 Å². The number of hydrogen-bond donors (Lipinski definition) is 1. The second kappa shape index (κ2) is 5.38. The van der Waals surface area contributed by atoms with Gasteiger partial charge >= 0.3 is 0 Å². The standard InChI is InChI=1S/C17H23NO/c1-3-16-15(11-18-12(2)10-13-8-9-13)14-6-4-5-7-17(14)19-16/h4-7,12-13,18H,3,8-11H2,1-2H3. The number of hydrogen-bond acceptors (Lipinski definition) is 2. The molecule has 1 atom stereocenters. The van der Waals surface area contributed by atoms with E-state index in [0.717, 1.165) is 30.2 Å². The van der Waals surface area contributed by atoms with Gasteiger partial charge in [-0.3, -0.25) is 0 Å².